The summed E-state index contributed by atoms with van der Waals surface area (Å²) in [4.78, 5) is 11.6. The number of hydrogen-bond acceptors (Lipinski definition) is 4. The van der Waals surface area contributed by atoms with E-state index in [9.17, 15) is 54.5 Å². The Balaban J connectivity index is 5.77. The average molecular weight is 448 g/mol. The second-order valence-corrected chi connectivity index (χ2v) is 7.07. The normalized spacial score (nSPS) is 18.0. The molecule has 0 aliphatic carbocycles. The maximum Gasteiger partial charge on any atom is 0.426 e. The molecule has 172 valence electrons. The number of alkyl halides is 9. The van der Waals surface area contributed by atoms with Crippen molar-refractivity contribution in [1.29, 1.82) is 0 Å². The Morgan fingerprint density at radius 2 is 1.38 bits per heavy atom. The van der Waals surface area contributed by atoms with Crippen LogP contribution in [0.15, 0.2) is 12.2 Å². The SMILES string of the molecule is C=C(C)C(=O)OC(CCC(C)(O)C(F)(F)F)C(C)CC(O)(C(F)(F)F)C(F)(F)F. The van der Waals surface area contributed by atoms with Crippen molar-refractivity contribution >= 4 is 5.97 Å². The first-order valence-electron chi connectivity index (χ1n) is 8.08. The van der Waals surface area contributed by atoms with E-state index in [-0.39, 0.29) is 5.57 Å². The van der Waals surface area contributed by atoms with Gasteiger partial charge < -0.3 is 14.9 Å². The Morgan fingerprint density at radius 3 is 1.69 bits per heavy atom. The van der Waals surface area contributed by atoms with E-state index >= 15 is 0 Å². The first-order valence-corrected chi connectivity index (χ1v) is 8.08. The van der Waals surface area contributed by atoms with Crippen LogP contribution in [0.2, 0.25) is 0 Å². The van der Waals surface area contributed by atoms with Gasteiger partial charge in [0.1, 0.15) is 6.10 Å². The molecule has 0 bridgehead atoms. The molecule has 2 N–H and O–H groups in total. The molecule has 0 aromatic heterocycles. The summed E-state index contributed by atoms with van der Waals surface area (Å²) in [7, 11) is 0. The molecule has 4 nitrogen and oxygen atoms in total. The predicted octanol–water partition coefficient (Wildman–Crippen LogP) is 4.45. The molecule has 3 atom stereocenters. The molecular formula is C16H21F9O4. The van der Waals surface area contributed by atoms with Crippen molar-refractivity contribution in [3.8, 4) is 0 Å². The third-order valence-electron chi connectivity index (χ3n) is 4.32. The van der Waals surface area contributed by atoms with Crippen molar-refractivity contribution < 1.29 is 59.3 Å². The van der Waals surface area contributed by atoms with Gasteiger partial charge in [0.25, 0.3) is 5.60 Å². The van der Waals surface area contributed by atoms with E-state index in [4.69, 9.17) is 4.74 Å². The third-order valence-corrected chi connectivity index (χ3v) is 4.32. The number of esters is 1. The molecule has 29 heavy (non-hydrogen) atoms. The van der Waals surface area contributed by atoms with Crippen molar-refractivity contribution in [3.05, 3.63) is 12.2 Å². The average Bonchev–Trinajstić information content (AvgIpc) is 2.47. The van der Waals surface area contributed by atoms with E-state index in [1.807, 2.05) is 0 Å². The minimum absolute atomic E-state index is 0.313. The van der Waals surface area contributed by atoms with Gasteiger partial charge in [0.05, 0.1) is 0 Å². The highest BCUT2D eigenvalue weighted by Crippen LogP contribution is 2.47. The third kappa shape index (κ3) is 6.76. The van der Waals surface area contributed by atoms with Crippen LogP contribution < -0.4 is 0 Å². The molecule has 0 spiro atoms. The quantitative estimate of drug-likeness (QED) is 0.327. The molecule has 0 aliphatic rings. The van der Waals surface area contributed by atoms with Crippen LogP contribution in [0.5, 0.6) is 0 Å². The fourth-order valence-corrected chi connectivity index (χ4v) is 2.25. The number of carbonyl (C=O) groups is 1. The van der Waals surface area contributed by atoms with E-state index < -0.39 is 67.0 Å². The lowest BCUT2D eigenvalue weighted by Gasteiger charge is -2.37. The highest BCUT2D eigenvalue weighted by Gasteiger charge is 2.70. The second kappa shape index (κ2) is 8.70. The van der Waals surface area contributed by atoms with Gasteiger partial charge in [-0.2, -0.15) is 39.5 Å². The minimum Gasteiger partial charge on any atom is -0.459 e. The van der Waals surface area contributed by atoms with E-state index in [0.717, 1.165) is 13.8 Å². The van der Waals surface area contributed by atoms with Crippen LogP contribution in [-0.4, -0.2) is 52.0 Å². The highest BCUT2D eigenvalue weighted by molar-refractivity contribution is 5.87. The lowest BCUT2D eigenvalue weighted by Crippen LogP contribution is -2.58. The zero-order valence-electron chi connectivity index (χ0n) is 15.6. The molecule has 0 fully saturated rings. The van der Waals surface area contributed by atoms with Crippen molar-refractivity contribution in [3.63, 3.8) is 0 Å². The van der Waals surface area contributed by atoms with E-state index in [2.05, 4.69) is 6.58 Å². The van der Waals surface area contributed by atoms with Gasteiger partial charge in [0.15, 0.2) is 5.60 Å². The summed E-state index contributed by atoms with van der Waals surface area (Å²) >= 11 is 0. The summed E-state index contributed by atoms with van der Waals surface area (Å²) in [5.74, 6) is -3.16. The highest BCUT2D eigenvalue weighted by atomic mass is 19.4. The zero-order valence-corrected chi connectivity index (χ0v) is 15.6. The molecule has 0 aliphatic heterocycles. The number of halogens is 9. The fourth-order valence-electron chi connectivity index (χ4n) is 2.25. The zero-order chi connectivity index (χ0) is 23.6. The van der Waals surface area contributed by atoms with Crippen LogP contribution in [0.3, 0.4) is 0 Å². The van der Waals surface area contributed by atoms with Crippen molar-refractivity contribution in [2.24, 2.45) is 5.92 Å². The number of ether oxygens (including phenoxy) is 1. The van der Waals surface area contributed by atoms with Crippen LogP contribution in [0.4, 0.5) is 39.5 Å². The summed E-state index contributed by atoms with van der Waals surface area (Å²) in [6.45, 7) is 5.33. The van der Waals surface area contributed by atoms with Gasteiger partial charge in [-0.25, -0.2) is 4.79 Å². The molecule has 0 heterocycles. The van der Waals surface area contributed by atoms with Crippen LogP contribution in [0, 0.1) is 5.92 Å². The van der Waals surface area contributed by atoms with Crippen molar-refractivity contribution in [1.82, 2.24) is 0 Å². The van der Waals surface area contributed by atoms with Gasteiger partial charge >= 0.3 is 24.5 Å². The summed E-state index contributed by atoms with van der Waals surface area (Å²) in [6, 6.07) is 0. The largest absolute Gasteiger partial charge is 0.459 e. The van der Waals surface area contributed by atoms with E-state index in [0.29, 0.717) is 6.92 Å². The molecule has 0 saturated carbocycles. The number of hydrogen-bond donors (Lipinski definition) is 2. The van der Waals surface area contributed by atoms with Gasteiger partial charge in [-0.3, -0.25) is 0 Å². The second-order valence-electron chi connectivity index (χ2n) is 7.07. The summed E-state index contributed by atoms with van der Waals surface area (Å²) in [6.07, 6.45) is -23.5. The van der Waals surface area contributed by atoms with Crippen LogP contribution in [-0.2, 0) is 9.53 Å². The van der Waals surface area contributed by atoms with Gasteiger partial charge in [0.2, 0.25) is 0 Å². The maximum absolute atomic E-state index is 12.9. The molecule has 0 amide bonds. The first kappa shape index (κ1) is 27.5. The molecule has 0 aromatic rings. The lowest BCUT2D eigenvalue weighted by atomic mass is 9.84. The van der Waals surface area contributed by atoms with Crippen molar-refractivity contribution in [2.75, 3.05) is 0 Å². The number of carbonyl (C=O) groups excluding carboxylic acids is 1. The Bertz CT molecular complexity index is 577. The summed E-state index contributed by atoms with van der Waals surface area (Å²) < 4.78 is 120. The Kier molecular flexibility index (Phi) is 8.25. The van der Waals surface area contributed by atoms with Gasteiger partial charge in [-0.15, -0.1) is 0 Å². The van der Waals surface area contributed by atoms with E-state index in [1.165, 1.54) is 0 Å². The predicted molar refractivity (Wildman–Crippen MR) is 81.4 cm³/mol. The number of aliphatic hydroxyl groups is 2. The van der Waals surface area contributed by atoms with Crippen LogP contribution in [0.1, 0.15) is 40.0 Å². The Labute approximate surface area is 160 Å². The maximum atomic E-state index is 12.9. The molecule has 0 aromatic carbocycles. The number of rotatable bonds is 8. The molecule has 0 rings (SSSR count). The van der Waals surface area contributed by atoms with Gasteiger partial charge in [-0.05, 0) is 32.6 Å². The van der Waals surface area contributed by atoms with Crippen LogP contribution >= 0.6 is 0 Å². The monoisotopic (exact) mass is 448 g/mol. The standard InChI is InChI=1S/C16H21F9O4/c1-8(2)11(26)29-10(5-6-12(4,27)14(17,18)19)9(3)7-13(28,15(20,21)22)16(23,24)25/h9-10,27-28H,1,5-7H2,2-4H3. The molecule has 3 unspecified atom stereocenters. The minimum atomic E-state index is -6.15. The Hall–Kier alpha value is -1.50. The van der Waals surface area contributed by atoms with Crippen LogP contribution in [0.25, 0.3) is 0 Å². The molecule has 13 heteroatoms. The molecule has 0 radical (unpaired) electrons. The smallest absolute Gasteiger partial charge is 0.426 e. The van der Waals surface area contributed by atoms with Gasteiger partial charge in [0, 0.05) is 12.0 Å². The molecule has 0 saturated heterocycles. The lowest BCUT2D eigenvalue weighted by molar-refractivity contribution is -0.373. The Morgan fingerprint density at radius 1 is 0.966 bits per heavy atom. The summed E-state index contributed by atoms with van der Waals surface area (Å²) in [5, 5.41) is 18.7. The van der Waals surface area contributed by atoms with Crippen molar-refractivity contribution in [2.45, 2.75) is 75.9 Å². The fraction of sp³-hybridized carbons (Fsp3) is 0.812. The molecular weight excluding hydrogens is 427 g/mol. The topological polar surface area (TPSA) is 66.8 Å². The summed E-state index contributed by atoms with van der Waals surface area (Å²) in [5.41, 5.74) is -8.84. The van der Waals surface area contributed by atoms with Gasteiger partial charge in [-0.1, -0.05) is 13.5 Å². The first-order chi connectivity index (χ1) is 12.6. The van der Waals surface area contributed by atoms with E-state index in [1.54, 1.807) is 0 Å².